The minimum absolute atomic E-state index is 0.168. The molecule has 1 fully saturated rings. The Bertz CT molecular complexity index is 676. The highest BCUT2D eigenvalue weighted by Gasteiger charge is 2.63. The lowest BCUT2D eigenvalue weighted by atomic mass is 9.47. The molecule has 1 aromatic rings. The van der Waals surface area contributed by atoms with Crippen molar-refractivity contribution in [3.63, 3.8) is 0 Å². The highest BCUT2D eigenvalue weighted by molar-refractivity contribution is 5.51. The number of aryl methyl sites for hydroxylation is 1. The van der Waals surface area contributed by atoms with Crippen LogP contribution in [0.1, 0.15) is 51.2 Å². The average Bonchev–Trinajstić information content (AvgIpc) is 2.64. The number of rotatable bonds is 1. The van der Waals surface area contributed by atoms with Crippen LogP contribution in [0.3, 0.4) is 0 Å². The second kappa shape index (κ2) is 4.38. The third-order valence-electron chi connectivity index (χ3n) is 7.45. The molecule has 3 aliphatic rings. The van der Waals surface area contributed by atoms with Crippen LogP contribution in [-0.2, 0) is 11.8 Å². The van der Waals surface area contributed by atoms with Gasteiger partial charge < -0.3 is 10.5 Å². The molecule has 2 heteroatoms. The van der Waals surface area contributed by atoms with Crippen LogP contribution in [0, 0.1) is 11.3 Å². The van der Waals surface area contributed by atoms with Crippen molar-refractivity contribution in [2.45, 2.75) is 57.9 Å². The fraction of sp³-hybridized carbons (Fsp3) is 0.600. The highest BCUT2D eigenvalue weighted by atomic mass is 16.5. The van der Waals surface area contributed by atoms with E-state index in [0.29, 0.717) is 12.0 Å². The van der Waals surface area contributed by atoms with Crippen molar-refractivity contribution in [2.24, 2.45) is 17.1 Å². The van der Waals surface area contributed by atoms with E-state index in [2.05, 4.69) is 39.0 Å². The first-order valence-electron chi connectivity index (χ1n) is 8.56. The molecule has 2 N–H and O–H groups in total. The molecule has 4 rings (SSSR count). The normalized spacial score (nSPS) is 39.5. The summed E-state index contributed by atoms with van der Waals surface area (Å²) in [7, 11) is 1.75. The summed E-state index contributed by atoms with van der Waals surface area (Å²) < 4.78 is 5.43. The van der Waals surface area contributed by atoms with E-state index in [1.165, 1.54) is 30.4 Å². The van der Waals surface area contributed by atoms with Crippen molar-refractivity contribution in [3.05, 3.63) is 40.5 Å². The summed E-state index contributed by atoms with van der Waals surface area (Å²) in [5.74, 6) is 1.58. The first-order chi connectivity index (χ1) is 10.5. The largest absolute Gasteiger partial charge is 0.497 e. The van der Waals surface area contributed by atoms with E-state index in [9.17, 15) is 0 Å². The zero-order valence-corrected chi connectivity index (χ0v) is 14.2. The van der Waals surface area contributed by atoms with Gasteiger partial charge in [-0.15, -0.1) is 0 Å². The molecule has 1 saturated carbocycles. The van der Waals surface area contributed by atoms with Gasteiger partial charge in [-0.1, -0.05) is 24.1 Å². The lowest BCUT2D eigenvalue weighted by molar-refractivity contribution is 0.0574. The number of ether oxygens (including phenoxy) is 1. The van der Waals surface area contributed by atoms with Gasteiger partial charge >= 0.3 is 0 Å². The summed E-state index contributed by atoms with van der Waals surface area (Å²) in [6.45, 7) is 7.15. The van der Waals surface area contributed by atoms with Gasteiger partial charge in [0, 0.05) is 16.9 Å². The van der Waals surface area contributed by atoms with Gasteiger partial charge in [-0.05, 0) is 68.7 Å². The van der Waals surface area contributed by atoms with E-state index >= 15 is 0 Å². The molecular weight excluding hydrogens is 270 g/mol. The van der Waals surface area contributed by atoms with E-state index in [-0.39, 0.29) is 10.8 Å². The van der Waals surface area contributed by atoms with Crippen molar-refractivity contribution in [1.82, 2.24) is 0 Å². The second-order valence-electron chi connectivity index (χ2n) is 7.81. The maximum absolute atomic E-state index is 6.84. The SMILES string of the molecule is COc1ccc2c(c1)CC[C@@]13C(C)=C(C)[C@@H](CC[C@@]21C)C3N. The molecular formula is C20H27NO. The molecule has 0 amide bonds. The van der Waals surface area contributed by atoms with E-state index < -0.39 is 0 Å². The Morgan fingerprint density at radius 3 is 2.73 bits per heavy atom. The van der Waals surface area contributed by atoms with Gasteiger partial charge in [0.2, 0.25) is 0 Å². The highest BCUT2D eigenvalue weighted by Crippen LogP contribution is 2.67. The van der Waals surface area contributed by atoms with Gasteiger partial charge in [-0.25, -0.2) is 0 Å². The molecule has 0 radical (unpaired) electrons. The van der Waals surface area contributed by atoms with Crippen molar-refractivity contribution in [1.29, 1.82) is 0 Å². The van der Waals surface area contributed by atoms with Gasteiger partial charge in [0.25, 0.3) is 0 Å². The summed E-state index contributed by atoms with van der Waals surface area (Å²) in [5.41, 5.74) is 13.3. The minimum Gasteiger partial charge on any atom is -0.497 e. The fourth-order valence-electron chi connectivity index (χ4n) is 6.12. The van der Waals surface area contributed by atoms with Gasteiger partial charge in [-0.3, -0.25) is 0 Å². The first kappa shape index (κ1) is 14.3. The van der Waals surface area contributed by atoms with Gasteiger partial charge in [0.05, 0.1) is 7.11 Å². The molecule has 118 valence electrons. The van der Waals surface area contributed by atoms with Crippen LogP contribution in [0.5, 0.6) is 5.75 Å². The van der Waals surface area contributed by atoms with E-state index in [4.69, 9.17) is 10.5 Å². The number of hydrogen-bond donors (Lipinski definition) is 1. The summed E-state index contributed by atoms with van der Waals surface area (Å²) in [5, 5.41) is 0. The smallest absolute Gasteiger partial charge is 0.119 e. The van der Waals surface area contributed by atoms with Crippen LogP contribution in [-0.4, -0.2) is 13.2 Å². The number of nitrogens with two attached hydrogens (primary N) is 1. The first-order valence-corrected chi connectivity index (χ1v) is 8.56. The summed E-state index contributed by atoms with van der Waals surface area (Å²) in [6.07, 6.45) is 4.78. The summed E-state index contributed by atoms with van der Waals surface area (Å²) >= 11 is 0. The Hall–Kier alpha value is -1.28. The molecule has 22 heavy (non-hydrogen) atoms. The van der Waals surface area contributed by atoms with Crippen molar-refractivity contribution in [2.75, 3.05) is 7.11 Å². The van der Waals surface area contributed by atoms with E-state index in [0.717, 1.165) is 12.2 Å². The van der Waals surface area contributed by atoms with Crippen LogP contribution in [0.15, 0.2) is 29.3 Å². The van der Waals surface area contributed by atoms with Gasteiger partial charge in [0.15, 0.2) is 0 Å². The predicted octanol–water partition coefficient (Wildman–Crippen LogP) is 3.97. The lowest BCUT2D eigenvalue weighted by Crippen LogP contribution is -2.60. The molecule has 1 spiro atoms. The molecule has 0 aromatic heterocycles. The Morgan fingerprint density at radius 1 is 1.23 bits per heavy atom. The number of methoxy groups -OCH3 is 1. The number of fused-ring (bicyclic) bond motifs is 3. The molecule has 0 aliphatic heterocycles. The molecule has 4 atom stereocenters. The van der Waals surface area contributed by atoms with Gasteiger partial charge in [0.1, 0.15) is 5.75 Å². The van der Waals surface area contributed by atoms with Crippen molar-refractivity contribution in [3.8, 4) is 5.75 Å². The van der Waals surface area contributed by atoms with E-state index in [1.807, 2.05) is 0 Å². The molecule has 0 saturated heterocycles. The number of hydrogen-bond acceptors (Lipinski definition) is 2. The third-order valence-corrected chi connectivity index (χ3v) is 7.45. The molecule has 3 aliphatic carbocycles. The molecule has 1 aromatic carbocycles. The topological polar surface area (TPSA) is 35.2 Å². The Labute approximate surface area is 133 Å². The standard InChI is InChI=1S/C20H27NO/c1-12-13(2)20-10-7-14-11-15(22-4)5-6-17(14)19(20,3)9-8-16(12)18(20)21/h5-6,11,16,18H,7-10,21H2,1-4H3/t16-,18?,19+,20+/m1/s1. The molecule has 1 unspecified atom stereocenters. The molecule has 0 heterocycles. The van der Waals surface area contributed by atoms with E-state index in [1.54, 1.807) is 18.3 Å². The maximum Gasteiger partial charge on any atom is 0.119 e. The zero-order valence-electron chi connectivity index (χ0n) is 14.2. The molecule has 2 bridgehead atoms. The fourth-order valence-corrected chi connectivity index (χ4v) is 6.12. The second-order valence-corrected chi connectivity index (χ2v) is 7.81. The third kappa shape index (κ3) is 1.40. The quantitative estimate of drug-likeness (QED) is 0.796. The Balaban J connectivity index is 1.94. The number of benzene rings is 1. The van der Waals surface area contributed by atoms with Crippen molar-refractivity contribution >= 4 is 0 Å². The lowest BCUT2D eigenvalue weighted by Gasteiger charge is -2.58. The monoisotopic (exact) mass is 297 g/mol. The van der Waals surface area contributed by atoms with Crippen LogP contribution in [0.25, 0.3) is 0 Å². The van der Waals surface area contributed by atoms with Crippen LogP contribution >= 0.6 is 0 Å². The summed E-state index contributed by atoms with van der Waals surface area (Å²) in [4.78, 5) is 0. The zero-order chi connectivity index (χ0) is 15.7. The predicted molar refractivity (Wildman–Crippen MR) is 90.2 cm³/mol. The van der Waals surface area contributed by atoms with Crippen molar-refractivity contribution < 1.29 is 4.74 Å². The summed E-state index contributed by atoms with van der Waals surface area (Å²) in [6, 6.07) is 6.97. The van der Waals surface area contributed by atoms with Crippen LogP contribution in [0.2, 0.25) is 0 Å². The minimum atomic E-state index is 0.168. The van der Waals surface area contributed by atoms with Gasteiger partial charge in [-0.2, -0.15) is 0 Å². The average molecular weight is 297 g/mol. The molecule has 2 nitrogen and oxygen atoms in total. The Kier molecular flexibility index (Phi) is 2.85. The van der Waals surface area contributed by atoms with Crippen LogP contribution < -0.4 is 10.5 Å². The Morgan fingerprint density at radius 2 is 2.00 bits per heavy atom. The maximum atomic E-state index is 6.84. The van der Waals surface area contributed by atoms with Crippen LogP contribution in [0.4, 0.5) is 0 Å².